The third kappa shape index (κ3) is 5.30. The molecule has 0 saturated carbocycles. The van der Waals surface area contributed by atoms with Crippen molar-refractivity contribution in [1.29, 1.82) is 0 Å². The van der Waals surface area contributed by atoms with Crippen molar-refractivity contribution < 1.29 is 22.7 Å². The molecule has 0 aliphatic rings. The zero-order chi connectivity index (χ0) is 15.2. The Morgan fingerprint density at radius 3 is 2.55 bits per heavy atom. The van der Waals surface area contributed by atoms with Gasteiger partial charge in [-0.05, 0) is 25.1 Å². The Morgan fingerprint density at radius 2 is 1.95 bits per heavy atom. The predicted molar refractivity (Wildman–Crippen MR) is 74.4 cm³/mol. The fourth-order valence-corrected chi connectivity index (χ4v) is 3.08. The monoisotopic (exact) mass is 318 g/mol. The molecule has 7 heteroatoms. The molecule has 0 unspecified atom stereocenters. The fraction of sp³-hybridized carbons (Fsp3) is 0.385. The Balaban J connectivity index is 2.63. The van der Waals surface area contributed by atoms with E-state index < -0.39 is 27.3 Å². The molecule has 1 aromatic carbocycles. The summed E-state index contributed by atoms with van der Waals surface area (Å²) in [6.07, 6.45) is -0.267. The number of ether oxygens (including phenoxy) is 1. The Morgan fingerprint density at radius 1 is 1.25 bits per heavy atom. The number of ketones is 1. The van der Waals surface area contributed by atoms with Crippen molar-refractivity contribution in [3.63, 3.8) is 0 Å². The van der Waals surface area contributed by atoms with E-state index in [1.54, 1.807) is 13.0 Å². The average Bonchev–Trinajstić information content (AvgIpc) is 2.36. The first kappa shape index (κ1) is 16.7. The fourth-order valence-electron chi connectivity index (χ4n) is 1.50. The molecule has 0 amide bonds. The van der Waals surface area contributed by atoms with Gasteiger partial charge in [-0.1, -0.05) is 17.7 Å². The number of carbonyl (C=O) groups excluding carboxylic acids is 2. The predicted octanol–water partition coefficient (Wildman–Crippen LogP) is 2.03. The maximum Gasteiger partial charge on any atom is 0.306 e. The molecule has 20 heavy (non-hydrogen) atoms. The molecule has 0 aliphatic heterocycles. The van der Waals surface area contributed by atoms with Crippen molar-refractivity contribution >= 4 is 33.2 Å². The van der Waals surface area contributed by atoms with E-state index >= 15 is 0 Å². The van der Waals surface area contributed by atoms with Crippen LogP contribution in [0.3, 0.4) is 0 Å². The summed E-state index contributed by atoms with van der Waals surface area (Å²) in [6.45, 7) is 1.89. The Hall–Kier alpha value is -1.40. The number of Topliss-reactive ketones (excluding diaryl/α,β-unsaturated/α-hetero) is 1. The van der Waals surface area contributed by atoms with Gasteiger partial charge in [-0.25, -0.2) is 8.42 Å². The zero-order valence-corrected chi connectivity index (χ0v) is 12.5. The van der Waals surface area contributed by atoms with Crippen LogP contribution in [-0.4, -0.2) is 32.5 Å². The smallest absolute Gasteiger partial charge is 0.306 e. The largest absolute Gasteiger partial charge is 0.466 e. The molecule has 0 saturated heterocycles. The lowest BCUT2D eigenvalue weighted by atomic mass is 10.2. The number of halogens is 1. The van der Waals surface area contributed by atoms with Gasteiger partial charge in [0, 0.05) is 11.4 Å². The number of esters is 1. The van der Waals surface area contributed by atoms with Crippen LogP contribution in [0, 0.1) is 0 Å². The molecule has 1 rings (SSSR count). The van der Waals surface area contributed by atoms with E-state index in [4.69, 9.17) is 11.6 Å². The molecule has 0 aliphatic carbocycles. The van der Waals surface area contributed by atoms with Crippen LogP contribution in [0.2, 0.25) is 5.02 Å². The van der Waals surface area contributed by atoms with E-state index in [2.05, 4.69) is 4.74 Å². The minimum atomic E-state index is -3.73. The van der Waals surface area contributed by atoms with Crippen LogP contribution < -0.4 is 0 Å². The van der Waals surface area contributed by atoms with Gasteiger partial charge in [0.25, 0.3) is 0 Å². The van der Waals surface area contributed by atoms with Gasteiger partial charge in [0.1, 0.15) is 11.5 Å². The van der Waals surface area contributed by atoms with Crippen LogP contribution in [-0.2, 0) is 24.2 Å². The third-order valence-electron chi connectivity index (χ3n) is 2.42. The van der Waals surface area contributed by atoms with Crippen LogP contribution in [0.4, 0.5) is 0 Å². The van der Waals surface area contributed by atoms with Crippen LogP contribution >= 0.6 is 11.6 Å². The zero-order valence-electron chi connectivity index (χ0n) is 11.0. The number of carbonyl (C=O) groups is 2. The van der Waals surface area contributed by atoms with Gasteiger partial charge in [-0.15, -0.1) is 0 Å². The topological polar surface area (TPSA) is 77.5 Å². The Labute approximate surface area is 122 Å². The first-order chi connectivity index (χ1) is 9.35. The second-order valence-corrected chi connectivity index (χ2v) is 6.49. The van der Waals surface area contributed by atoms with Crippen LogP contribution in [0.1, 0.15) is 19.8 Å². The van der Waals surface area contributed by atoms with Crippen molar-refractivity contribution in [2.45, 2.75) is 24.7 Å². The molecular formula is C13H15ClO5S. The van der Waals surface area contributed by atoms with E-state index in [-0.39, 0.29) is 29.4 Å². The minimum absolute atomic E-state index is 0.00511. The van der Waals surface area contributed by atoms with E-state index in [0.29, 0.717) is 0 Å². The highest BCUT2D eigenvalue weighted by Crippen LogP contribution is 2.17. The summed E-state index contributed by atoms with van der Waals surface area (Å²) < 4.78 is 28.6. The number of hydrogen-bond acceptors (Lipinski definition) is 5. The third-order valence-corrected chi connectivity index (χ3v) is 4.33. The van der Waals surface area contributed by atoms with Gasteiger partial charge in [-0.2, -0.15) is 0 Å². The molecule has 0 radical (unpaired) electrons. The van der Waals surface area contributed by atoms with Gasteiger partial charge in [0.15, 0.2) is 9.84 Å². The van der Waals surface area contributed by atoms with Crippen molar-refractivity contribution in [3.05, 3.63) is 29.3 Å². The quantitative estimate of drug-likeness (QED) is 0.719. The highest BCUT2D eigenvalue weighted by atomic mass is 35.5. The lowest BCUT2D eigenvalue weighted by Crippen LogP contribution is -2.17. The highest BCUT2D eigenvalue weighted by Gasteiger charge is 2.20. The molecule has 0 aromatic heterocycles. The maximum atomic E-state index is 12.0. The summed E-state index contributed by atoms with van der Waals surface area (Å²) in [5.41, 5.74) is 0. The molecule has 0 fully saturated rings. The molecule has 1 aromatic rings. The van der Waals surface area contributed by atoms with Crippen LogP contribution in [0.5, 0.6) is 0 Å². The van der Waals surface area contributed by atoms with Gasteiger partial charge in [0.05, 0.1) is 17.9 Å². The van der Waals surface area contributed by atoms with Crippen molar-refractivity contribution in [2.75, 3.05) is 12.4 Å². The normalized spacial score (nSPS) is 11.1. The second-order valence-electron chi connectivity index (χ2n) is 4.06. The van der Waals surface area contributed by atoms with Gasteiger partial charge in [-0.3, -0.25) is 9.59 Å². The summed E-state index contributed by atoms with van der Waals surface area (Å²) in [7, 11) is -3.73. The van der Waals surface area contributed by atoms with Gasteiger partial charge < -0.3 is 4.74 Å². The summed E-state index contributed by atoms with van der Waals surface area (Å²) in [6, 6.07) is 5.71. The molecule has 5 nitrogen and oxygen atoms in total. The minimum Gasteiger partial charge on any atom is -0.466 e. The van der Waals surface area contributed by atoms with Crippen LogP contribution in [0.15, 0.2) is 29.2 Å². The van der Waals surface area contributed by atoms with Crippen molar-refractivity contribution in [2.24, 2.45) is 0 Å². The van der Waals surface area contributed by atoms with Crippen LogP contribution in [0.25, 0.3) is 0 Å². The van der Waals surface area contributed by atoms with Crippen molar-refractivity contribution in [3.8, 4) is 0 Å². The Bertz CT molecular complexity index is 595. The Kier molecular flexibility index (Phi) is 6.16. The average molecular weight is 319 g/mol. The van der Waals surface area contributed by atoms with Crippen molar-refractivity contribution in [1.82, 2.24) is 0 Å². The van der Waals surface area contributed by atoms with Gasteiger partial charge >= 0.3 is 5.97 Å². The maximum absolute atomic E-state index is 12.0. The van der Waals surface area contributed by atoms with E-state index in [0.717, 1.165) is 0 Å². The number of sulfone groups is 1. The van der Waals surface area contributed by atoms with E-state index in [1.165, 1.54) is 18.2 Å². The highest BCUT2D eigenvalue weighted by molar-refractivity contribution is 7.92. The molecular weight excluding hydrogens is 304 g/mol. The first-order valence-corrected chi connectivity index (χ1v) is 8.04. The SMILES string of the molecule is CCOC(=O)CCC(=O)CS(=O)(=O)c1cccc(Cl)c1. The molecule has 0 spiro atoms. The van der Waals surface area contributed by atoms with E-state index in [9.17, 15) is 18.0 Å². The summed E-state index contributed by atoms with van der Waals surface area (Å²) in [5.74, 6) is -1.69. The van der Waals surface area contributed by atoms with E-state index in [1.807, 2.05) is 0 Å². The lowest BCUT2D eigenvalue weighted by Gasteiger charge is -2.04. The number of hydrogen-bond donors (Lipinski definition) is 0. The summed E-state index contributed by atoms with van der Waals surface area (Å²) in [5, 5.41) is 0.282. The molecule has 0 bridgehead atoms. The summed E-state index contributed by atoms with van der Waals surface area (Å²) in [4.78, 5) is 22.7. The number of rotatable bonds is 7. The summed E-state index contributed by atoms with van der Waals surface area (Å²) >= 11 is 5.71. The first-order valence-electron chi connectivity index (χ1n) is 6.01. The lowest BCUT2D eigenvalue weighted by molar-refractivity contribution is -0.144. The number of benzene rings is 1. The molecule has 0 heterocycles. The molecule has 0 N–H and O–H groups in total. The van der Waals surface area contributed by atoms with Gasteiger partial charge in [0.2, 0.25) is 0 Å². The molecule has 0 atom stereocenters. The standard InChI is InChI=1S/C13H15ClO5S/c1-2-19-13(16)7-6-11(15)9-20(17,18)12-5-3-4-10(14)8-12/h3-5,8H,2,6-7,9H2,1H3. The molecule has 110 valence electrons. The second kappa shape index (κ2) is 7.40.